The lowest BCUT2D eigenvalue weighted by atomic mass is 9.97. The van der Waals surface area contributed by atoms with Crippen molar-refractivity contribution in [1.82, 2.24) is 9.97 Å². The van der Waals surface area contributed by atoms with Gasteiger partial charge in [0.25, 0.3) is 0 Å². The molecule has 1 saturated heterocycles. The molecule has 2 rings (SSSR count). The van der Waals surface area contributed by atoms with E-state index in [1.165, 1.54) is 7.11 Å². The van der Waals surface area contributed by atoms with Crippen molar-refractivity contribution in [1.29, 1.82) is 0 Å². The van der Waals surface area contributed by atoms with Crippen molar-refractivity contribution in [3.63, 3.8) is 0 Å². The number of hydrogen-bond acceptors (Lipinski definition) is 5. The fraction of sp³-hybridized carbons (Fsp3) is 0.615. The van der Waals surface area contributed by atoms with E-state index in [0.29, 0.717) is 0 Å². The molecule has 0 amide bonds. The minimum absolute atomic E-state index is 0.0318. The molecule has 1 fully saturated rings. The van der Waals surface area contributed by atoms with Gasteiger partial charge in [-0.3, -0.25) is 9.78 Å². The van der Waals surface area contributed by atoms with E-state index in [1.807, 2.05) is 13.8 Å². The molecular weight excluding hydrogens is 230 g/mol. The number of rotatable bonds is 2. The Bertz CT molecular complexity index is 440. The first-order valence-electron chi connectivity index (χ1n) is 6.25. The third kappa shape index (κ3) is 2.60. The van der Waals surface area contributed by atoms with Crippen molar-refractivity contribution >= 4 is 11.8 Å². The van der Waals surface area contributed by atoms with Gasteiger partial charge in [-0.05, 0) is 26.7 Å². The third-order valence-corrected chi connectivity index (χ3v) is 3.38. The van der Waals surface area contributed by atoms with Gasteiger partial charge in [-0.15, -0.1) is 0 Å². The minimum Gasteiger partial charge on any atom is -0.469 e. The highest BCUT2D eigenvalue weighted by Gasteiger charge is 2.26. The first kappa shape index (κ1) is 12.8. The Morgan fingerprint density at radius 2 is 2.06 bits per heavy atom. The highest BCUT2D eigenvalue weighted by atomic mass is 16.5. The van der Waals surface area contributed by atoms with Gasteiger partial charge in [-0.25, -0.2) is 4.98 Å². The average Bonchev–Trinajstić information content (AvgIpc) is 2.41. The Morgan fingerprint density at radius 1 is 1.39 bits per heavy atom. The Hall–Kier alpha value is -1.65. The number of nitrogens with zero attached hydrogens (tertiary/aromatic N) is 3. The molecule has 0 atom stereocenters. The van der Waals surface area contributed by atoms with Gasteiger partial charge in [-0.1, -0.05) is 0 Å². The van der Waals surface area contributed by atoms with Crippen molar-refractivity contribution < 1.29 is 9.53 Å². The van der Waals surface area contributed by atoms with Gasteiger partial charge in [0.1, 0.15) is 5.82 Å². The van der Waals surface area contributed by atoms with Crippen LogP contribution in [-0.4, -0.2) is 36.1 Å². The van der Waals surface area contributed by atoms with E-state index in [0.717, 1.165) is 43.1 Å². The van der Waals surface area contributed by atoms with Crippen molar-refractivity contribution in [3.05, 3.63) is 17.6 Å². The summed E-state index contributed by atoms with van der Waals surface area (Å²) in [6.45, 7) is 5.57. The normalized spacial score (nSPS) is 16.7. The molecule has 0 aliphatic carbocycles. The molecule has 0 unspecified atom stereocenters. The van der Waals surface area contributed by atoms with Crippen LogP contribution in [0.1, 0.15) is 24.2 Å². The van der Waals surface area contributed by atoms with Crippen LogP contribution in [0.2, 0.25) is 0 Å². The van der Waals surface area contributed by atoms with Crippen LogP contribution in [0.15, 0.2) is 6.20 Å². The van der Waals surface area contributed by atoms with Crippen LogP contribution in [0.5, 0.6) is 0 Å². The van der Waals surface area contributed by atoms with Crippen molar-refractivity contribution in [2.75, 3.05) is 25.1 Å². The summed E-state index contributed by atoms with van der Waals surface area (Å²) in [7, 11) is 1.45. The predicted molar refractivity (Wildman–Crippen MR) is 68.5 cm³/mol. The Morgan fingerprint density at radius 3 is 2.67 bits per heavy atom. The van der Waals surface area contributed by atoms with Crippen molar-refractivity contribution in [2.24, 2.45) is 5.92 Å². The zero-order valence-corrected chi connectivity index (χ0v) is 11.1. The molecule has 0 radical (unpaired) electrons. The number of piperidine rings is 1. The van der Waals surface area contributed by atoms with Gasteiger partial charge in [-0.2, -0.15) is 0 Å². The lowest BCUT2D eigenvalue weighted by Gasteiger charge is -2.32. The molecule has 0 aromatic carbocycles. The van der Waals surface area contributed by atoms with Crippen LogP contribution >= 0.6 is 0 Å². The molecule has 0 spiro atoms. The highest BCUT2D eigenvalue weighted by Crippen LogP contribution is 2.24. The standard InChI is InChI=1S/C13H19N3O2/c1-9-8-14-10(2)12(15-9)16-6-4-11(5-7-16)13(17)18-3/h8,11H,4-7H2,1-3H3. The highest BCUT2D eigenvalue weighted by molar-refractivity contribution is 5.72. The van der Waals surface area contributed by atoms with E-state index in [-0.39, 0.29) is 11.9 Å². The molecular formula is C13H19N3O2. The van der Waals surface area contributed by atoms with Crippen molar-refractivity contribution in [3.8, 4) is 0 Å². The van der Waals surface area contributed by atoms with Gasteiger partial charge in [0.05, 0.1) is 24.4 Å². The van der Waals surface area contributed by atoms with Crippen LogP contribution in [-0.2, 0) is 9.53 Å². The van der Waals surface area contributed by atoms with Crippen LogP contribution in [0.4, 0.5) is 5.82 Å². The predicted octanol–water partition coefficient (Wildman–Crippen LogP) is 1.48. The van der Waals surface area contributed by atoms with E-state index < -0.39 is 0 Å². The zero-order valence-electron chi connectivity index (χ0n) is 11.1. The summed E-state index contributed by atoms with van der Waals surface area (Å²) in [6, 6.07) is 0. The fourth-order valence-electron chi connectivity index (χ4n) is 2.32. The number of esters is 1. The molecule has 1 aliphatic rings. The number of anilines is 1. The summed E-state index contributed by atoms with van der Waals surface area (Å²) in [5.74, 6) is 0.879. The van der Waals surface area contributed by atoms with E-state index in [2.05, 4.69) is 14.9 Å². The zero-order chi connectivity index (χ0) is 13.1. The monoisotopic (exact) mass is 249 g/mol. The topological polar surface area (TPSA) is 55.3 Å². The summed E-state index contributed by atoms with van der Waals surface area (Å²) in [5.41, 5.74) is 1.86. The number of hydrogen-bond donors (Lipinski definition) is 0. The SMILES string of the molecule is COC(=O)C1CCN(c2nc(C)cnc2C)CC1. The van der Waals surface area contributed by atoms with E-state index >= 15 is 0 Å². The molecule has 0 saturated carbocycles. The summed E-state index contributed by atoms with van der Waals surface area (Å²) in [6.07, 6.45) is 3.42. The average molecular weight is 249 g/mol. The number of aromatic nitrogens is 2. The molecule has 0 bridgehead atoms. The Balaban J connectivity index is 2.05. The molecule has 98 valence electrons. The molecule has 1 aromatic heterocycles. The van der Waals surface area contributed by atoms with Crippen LogP contribution in [0, 0.1) is 19.8 Å². The van der Waals surface area contributed by atoms with Crippen LogP contribution in [0.3, 0.4) is 0 Å². The number of carbonyl (C=O) groups excluding carboxylic acids is 1. The van der Waals surface area contributed by atoms with Crippen LogP contribution < -0.4 is 4.90 Å². The Kier molecular flexibility index (Phi) is 3.79. The van der Waals surface area contributed by atoms with Gasteiger partial charge >= 0.3 is 5.97 Å². The Labute approximate surface area is 107 Å². The summed E-state index contributed by atoms with van der Waals surface area (Å²) in [5, 5.41) is 0. The lowest BCUT2D eigenvalue weighted by Crippen LogP contribution is -2.37. The van der Waals surface area contributed by atoms with Gasteiger partial charge in [0.15, 0.2) is 0 Å². The maximum atomic E-state index is 11.5. The molecule has 5 nitrogen and oxygen atoms in total. The summed E-state index contributed by atoms with van der Waals surface area (Å²) in [4.78, 5) is 22.5. The number of aryl methyl sites for hydroxylation is 2. The van der Waals surface area contributed by atoms with Gasteiger partial charge < -0.3 is 9.64 Å². The number of methoxy groups -OCH3 is 1. The van der Waals surface area contributed by atoms with Crippen molar-refractivity contribution in [2.45, 2.75) is 26.7 Å². The van der Waals surface area contributed by atoms with Gasteiger partial charge in [0, 0.05) is 19.3 Å². The summed E-state index contributed by atoms with van der Waals surface area (Å²) >= 11 is 0. The first-order valence-corrected chi connectivity index (χ1v) is 6.25. The molecule has 5 heteroatoms. The second-order valence-corrected chi connectivity index (χ2v) is 4.70. The quantitative estimate of drug-likeness (QED) is 0.743. The molecule has 2 heterocycles. The lowest BCUT2D eigenvalue weighted by molar-refractivity contribution is -0.146. The largest absolute Gasteiger partial charge is 0.469 e. The number of carbonyl (C=O) groups is 1. The smallest absolute Gasteiger partial charge is 0.308 e. The minimum atomic E-state index is -0.0956. The molecule has 1 aliphatic heterocycles. The van der Waals surface area contributed by atoms with Crippen LogP contribution in [0.25, 0.3) is 0 Å². The van der Waals surface area contributed by atoms with E-state index in [4.69, 9.17) is 4.74 Å². The molecule has 0 N–H and O–H groups in total. The second-order valence-electron chi connectivity index (χ2n) is 4.70. The second kappa shape index (κ2) is 5.33. The maximum absolute atomic E-state index is 11.5. The van der Waals surface area contributed by atoms with E-state index in [9.17, 15) is 4.79 Å². The number of ether oxygens (including phenoxy) is 1. The molecule has 18 heavy (non-hydrogen) atoms. The maximum Gasteiger partial charge on any atom is 0.308 e. The first-order chi connectivity index (χ1) is 8.61. The summed E-state index contributed by atoms with van der Waals surface area (Å²) < 4.78 is 4.79. The van der Waals surface area contributed by atoms with E-state index in [1.54, 1.807) is 6.20 Å². The van der Waals surface area contributed by atoms with Gasteiger partial charge in [0.2, 0.25) is 0 Å². The fourth-order valence-corrected chi connectivity index (χ4v) is 2.32. The molecule has 1 aromatic rings. The third-order valence-electron chi connectivity index (χ3n) is 3.38.